The van der Waals surface area contributed by atoms with Crippen molar-refractivity contribution in [1.82, 2.24) is 25.1 Å². The number of carbonyl (C=O) groups is 1. The summed E-state index contributed by atoms with van der Waals surface area (Å²) in [6, 6.07) is 7.52. The van der Waals surface area contributed by atoms with E-state index in [1.54, 1.807) is 6.07 Å². The van der Waals surface area contributed by atoms with Gasteiger partial charge in [0.25, 0.3) is 5.56 Å². The number of para-hydroxylation sites is 1. The van der Waals surface area contributed by atoms with Crippen LogP contribution in [-0.4, -0.2) is 78.2 Å². The van der Waals surface area contributed by atoms with Crippen molar-refractivity contribution >= 4 is 22.9 Å². The van der Waals surface area contributed by atoms with Crippen LogP contribution in [0, 0.1) is 5.41 Å². The molecule has 1 aromatic heterocycles. The molecule has 4 heterocycles. The first kappa shape index (κ1) is 17.5. The van der Waals surface area contributed by atoms with Crippen molar-refractivity contribution < 1.29 is 4.79 Å². The summed E-state index contributed by atoms with van der Waals surface area (Å²) in [6.07, 6.45) is 2.28. The molecular formula is C20H26N6O2. The van der Waals surface area contributed by atoms with Crippen LogP contribution >= 0.6 is 0 Å². The molecule has 2 amide bonds. The highest BCUT2D eigenvalue weighted by molar-refractivity contribution is 5.78. The van der Waals surface area contributed by atoms with E-state index in [-0.39, 0.29) is 11.6 Å². The predicted octanol–water partition coefficient (Wildman–Crippen LogP) is 0.851. The maximum atomic E-state index is 13.0. The standard InChI is InChI=1S/C20H26N6O2/c27-17-15-3-1-2-4-16(15)22-18(23-17)24-9-11-25(12-10-24)19(28)26-8-6-20(14-26)5-7-21-13-20/h1-4,21H,5-14H2,(H,22,23,27). The highest BCUT2D eigenvalue weighted by atomic mass is 16.2. The summed E-state index contributed by atoms with van der Waals surface area (Å²) < 4.78 is 0. The average molecular weight is 382 g/mol. The minimum Gasteiger partial charge on any atom is -0.339 e. The van der Waals surface area contributed by atoms with Crippen LogP contribution in [-0.2, 0) is 0 Å². The predicted molar refractivity (Wildman–Crippen MR) is 108 cm³/mol. The van der Waals surface area contributed by atoms with Crippen LogP contribution in [0.25, 0.3) is 10.9 Å². The van der Waals surface area contributed by atoms with Crippen molar-refractivity contribution in [1.29, 1.82) is 0 Å². The lowest BCUT2D eigenvalue weighted by Crippen LogP contribution is -2.53. The number of hydrogen-bond donors (Lipinski definition) is 2. The van der Waals surface area contributed by atoms with Gasteiger partial charge in [0.15, 0.2) is 0 Å². The molecule has 3 fully saturated rings. The van der Waals surface area contributed by atoms with E-state index >= 15 is 0 Å². The van der Waals surface area contributed by atoms with E-state index in [2.05, 4.69) is 20.2 Å². The Kier molecular flexibility index (Phi) is 4.23. The molecule has 1 spiro atoms. The summed E-state index contributed by atoms with van der Waals surface area (Å²) in [5, 5.41) is 4.04. The SMILES string of the molecule is O=C(N1CCN(c2nc3ccccc3c(=O)[nH]2)CC1)N1CCC2(CCNC2)C1. The Morgan fingerprint density at radius 1 is 1.04 bits per heavy atom. The Morgan fingerprint density at radius 3 is 2.64 bits per heavy atom. The number of piperazine rings is 1. The molecule has 3 aliphatic rings. The zero-order chi connectivity index (χ0) is 19.1. The zero-order valence-electron chi connectivity index (χ0n) is 16.0. The van der Waals surface area contributed by atoms with Gasteiger partial charge in [-0.3, -0.25) is 9.78 Å². The van der Waals surface area contributed by atoms with Gasteiger partial charge < -0.3 is 20.0 Å². The quantitative estimate of drug-likeness (QED) is 0.764. The van der Waals surface area contributed by atoms with Crippen LogP contribution in [0.4, 0.5) is 10.7 Å². The van der Waals surface area contributed by atoms with Gasteiger partial charge in [-0.05, 0) is 31.5 Å². The summed E-state index contributed by atoms with van der Waals surface area (Å²) in [7, 11) is 0. The smallest absolute Gasteiger partial charge is 0.320 e. The zero-order valence-corrected chi connectivity index (χ0v) is 16.0. The third kappa shape index (κ3) is 3.01. The van der Waals surface area contributed by atoms with E-state index in [1.807, 2.05) is 28.0 Å². The molecule has 3 aliphatic heterocycles. The summed E-state index contributed by atoms with van der Waals surface area (Å²) >= 11 is 0. The van der Waals surface area contributed by atoms with Crippen LogP contribution in [0.2, 0.25) is 0 Å². The number of urea groups is 1. The lowest BCUT2D eigenvalue weighted by Gasteiger charge is -2.37. The van der Waals surface area contributed by atoms with Crippen LogP contribution < -0.4 is 15.8 Å². The summed E-state index contributed by atoms with van der Waals surface area (Å²) in [5.41, 5.74) is 0.880. The number of carbonyl (C=O) groups excluding carboxylic acids is 1. The Balaban J connectivity index is 1.24. The maximum Gasteiger partial charge on any atom is 0.320 e. The Labute approximate surface area is 163 Å². The first-order chi connectivity index (χ1) is 13.6. The number of benzene rings is 1. The van der Waals surface area contributed by atoms with E-state index in [0.717, 1.165) is 32.6 Å². The molecule has 3 saturated heterocycles. The van der Waals surface area contributed by atoms with Gasteiger partial charge in [0, 0.05) is 51.2 Å². The normalized spacial score (nSPS) is 25.2. The molecule has 8 nitrogen and oxygen atoms in total. The highest BCUT2D eigenvalue weighted by Crippen LogP contribution is 2.36. The number of aromatic amines is 1. The van der Waals surface area contributed by atoms with Crippen molar-refractivity contribution in [3.63, 3.8) is 0 Å². The third-order valence-electron chi connectivity index (χ3n) is 6.49. The third-order valence-corrected chi connectivity index (χ3v) is 6.49. The second-order valence-electron chi connectivity index (χ2n) is 8.26. The number of H-pyrrole nitrogens is 1. The van der Waals surface area contributed by atoms with Crippen LogP contribution in [0.1, 0.15) is 12.8 Å². The lowest BCUT2D eigenvalue weighted by molar-refractivity contribution is 0.154. The number of nitrogens with one attached hydrogen (secondary N) is 2. The molecule has 2 N–H and O–H groups in total. The summed E-state index contributed by atoms with van der Waals surface area (Å²) in [4.78, 5) is 38.8. The minimum atomic E-state index is -0.119. The van der Waals surface area contributed by atoms with Gasteiger partial charge >= 0.3 is 6.03 Å². The first-order valence-corrected chi connectivity index (χ1v) is 10.1. The minimum absolute atomic E-state index is 0.119. The van der Waals surface area contributed by atoms with E-state index in [0.29, 0.717) is 48.4 Å². The number of fused-ring (bicyclic) bond motifs is 1. The van der Waals surface area contributed by atoms with Crippen molar-refractivity contribution in [2.24, 2.45) is 5.41 Å². The Hall–Kier alpha value is -2.61. The molecule has 1 atom stereocenters. The van der Waals surface area contributed by atoms with Crippen LogP contribution in [0.5, 0.6) is 0 Å². The fourth-order valence-corrected chi connectivity index (χ4v) is 4.78. The molecule has 0 radical (unpaired) electrons. The second-order valence-corrected chi connectivity index (χ2v) is 8.26. The number of aromatic nitrogens is 2. The molecule has 0 saturated carbocycles. The van der Waals surface area contributed by atoms with Crippen molar-refractivity contribution in [2.45, 2.75) is 12.8 Å². The number of hydrogen-bond acceptors (Lipinski definition) is 5. The van der Waals surface area contributed by atoms with E-state index in [4.69, 9.17) is 0 Å². The molecule has 1 aromatic carbocycles. The highest BCUT2D eigenvalue weighted by Gasteiger charge is 2.43. The van der Waals surface area contributed by atoms with Gasteiger partial charge in [-0.25, -0.2) is 9.78 Å². The molecule has 0 aliphatic carbocycles. The second kappa shape index (κ2) is 6.77. The van der Waals surface area contributed by atoms with Crippen molar-refractivity contribution in [3.8, 4) is 0 Å². The van der Waals surface area contributed by atoms with Crippen molar-refractivity contribution in [3.05, 3.63) is 34.6 Å². The van der Waals surface area contributed by atoms with Crippen molar-refractivity contribution in [2.75, 3.05) is 57.3 Å². The average Bonchev–Trinajstić information content (AvgIpc) is 3.37. The molecule has 2 aromatic rings. The maximum absolute atomic E-state index is 13.0. The van der Waals surface area contributed by atoms with Gasteiger partial charge in [-0.2, -0.15) is 0 Å². The van der Waals surface area contributed by atoms with Gasteiger partial charge in [0.2, 0.25) is 5.95 Å². The number of likely N-dealkylation sites (tertiary alicyclic amines) is 1. The number of nitrogens with zero attached hydrogens (tertiary/aromatic N) is 4. The van der Waals surface area contributed by atoms with E-state index in [1.165, 1.54) is 6.42 Å². The number of rotatable bonds is 1. The summed E-state index contributed by atoms with van der Waals surface area (Å²) in [5.74, 6) is 0.591. The first-order valence-electron chi connectivity index (χ1n) is 10.1. The molecule has 148 valence electrons. The topological polar surface area (TPSA) is 84.6 Å². The molecule has 5 rings (SSSR count). The molecule has 1 unspecified atom stereocenters. The van der Waals surface area contributed by atoms with Gasteiger partial charge in [0.05, 0.1) is 10.9 Å². The van der Waals surface area contributed by atoms with E-state index in [9.17, 15) is 9.59 Å². The molecule has 28 heavy (non-hydrogen) atoms. The van der Waals surface area contributed by atoms with Crippen LogP contribution in [0.15, 0.2) is 29.1 Å². The molecule has 8 heteroatoms. The van der Waals surface area contributed by atoms with Gasteiger partial charge in [-0.1, -0.05) is 12.1 Å². The Morgan fingerprint density at radius 2 is 1.86 bits per heavy atom. The fourth-order valence-electron chi connectivity index (χ4n) is 4.78. The molecular weight excluding hydrogens is 356 g/mol. The number of anilines is 1. The summed E-state index contributed by atoms with van der Waals surface area (Å²) in [6.45, 7) is 6.48. The fraction of sp³-hybridized carbons (Fsp3) is 0.550. The number of amides is 2. The Bertz CT molecular complexity index is 943. The van der Waals surface area contributed by atoms with Crippen LogP contribution in [0.3, 0.4) is 0 Å². The monoisotopic (exact) mass is 382 g/mol. The molecule has 0 bridgehead atoms. The van der Waals surface area contributed by atoms with Gasteiger partial charge in [-0.15, -0.1) is 0 Å². The van der Waals surface area contributed by atoms with E-state index < -0.39 is 0 Å². The lowest BCUT2D eigenvalue weighted by atomic mass is 9.87. The van der Waals surface area contributed by atoms with Gasteiger partial charge in [0.1, 0.15) is 0 Å². The largest absolute Gasteiger partial charge is 0.339 e.